The zero-order valence-electron chi connectivity index (χ0n) is 11.4. The van der Waals surface area contributed by atoms with E-state index in [2.05, 4.69) is 15.6 Å². The van der Waals surface area contributed by atoms with Crippen molar-refractivity contribution >= 4 is 21.4 Å². The highest BCUT2D eigenvalue weighted by Crippen LogP contribution is 2.19. The monoisotopic (exact) mass is 297 g/mol. The number of amides is 1. The number of anilines is 1. The Hall–Kier alpha value is -1.63. The molecule has 1 unspecified atom stereocenters. The average Bonchev–Trinajstić information content (AvgIpc) is 2.76. The van der Waals surface area contributed by atoms with E-state index in [9.17, 15) is 13.2 Å². The highest BCUT2D eigenvalue weighted by Gasteiger charge is 2.31. The molecule has 6 nitrogen and oxygen atoms in total. The maximum absolute atomic E-state index is 12.0. The van der Waals surface area contributed by atoms with E-state index in [0.29, 0.717) is 18.5 Å². The van der Waals surface area contributed by atoms with Crippen molar-refractivity contribution in [1.29, 1.82) is 0 Å². The number of carbonyl (C=O) groups is 1. The van der Waals surface area contributed by atoms with Gasteiger partial charge in [-0.25, -0.2) is 8.42 Å². The van der Waals surface area contributed by atoms with Crippen LogP contribution >= 0.6 is 0 Å². The minimum absolute atomic E-state index is 0.161. The first-order chi connectivity index (χ1) is 9.53. The van der Waals surface area contributed by atoms with Crippen molar-refractivity contribution in [2.75, 3.05) is 24.2 Å². The molecule has 1 aromatic rings. The molecule has 1 aromatic heterocycles. The van der Waals surface area contributed by atoms with Crippen molar-refractivity contribution < 1.29 is 13.2 Å². The summed E-state index contributed by atoms with van der Waals surface area (Å²) in [7, 11) is -3.03. The lowest BCUT2D eigenvalue weighted by atomic mass is 10.2. The van der Waals surface area contributed by atoms with Gasteiger partial charge in [-0.05, 0) is 31.9 Å². The Morgan fingerprint density at radius 1 is 1.50 bits per heavy atom. The van der Waals surface area contributed by atoms with E-state index < -0.39 is 15.1 Å². The number of nitrogens with one attached hydrogen (secondary N) is 2. The molecule has 1 fully saturated rings. The van der Waals surface area contributed by atoms with Gasteiger partial charge in [0.15, 0.2) is 9.84 Å². The van der Waals surface area contributed by atoms with Crippen LogP contribution in [0.25, 0.3) is 0 Å². The number of carbonyl (C=O) groups excluding carboxylic acids is 1. The number of rotatable bonds is 5. The van der Waals surface area contributed by atoms with Crippen molar-refractivity contribution in [3.05, 3.63) is 24.0 Å². The van der Waals surface area contributed by atoms with Crippen LogP contribution < -0.4 is 10.6 Å². The molecule has 0 radical (unpaired) electrons. The minimum atomic E-state index is -3.03. The van der Waals surface area contributed by atoms with E-state index in [4.69, 9.17) is 0 Å². The lowest BCUT2D eigenvalue weighted by Gasteiger charge is -2.11. The molecule has 110 valence electrons. The minimum Gasteiger partial charge on any atom is -0.385 e. The normalized spacial score (nSPS) is 20.6. The van der Waals surface area contributed by atoms with Crippen molar-refractivity contribution in [1.82, 2.24) is 10.3 Å². The highest BCUT2D eigenvalue weighted by molar-refractivity contribution is 7.92. The van der Waals surface area contributed by atoms with Gasteiger partial charge in [0.25, 0.3) is 5.91 Å². The molecule has 0 aromatic carbocycles. The van der Waals surface area contributed by atoms with Crippen LogP contribution in [0.15, 0.2) is 18.3 Å². The van der Waals surface area contributed by atoms with Crippen LogP contribution in [0.2, 0.25) is 0 Å². The Bertz CT molecular complexity index is 586. The van der Waals surface area contributed by atoms with Crippen molar-refractivity contribution in [2.24, 2.45) is 0 Å². The lowest BCUT2D eigenvalue weighted by molar-refractivity contribution is 0.0948. The fourth-order valence-corrected chi connectivity index (χ4v) is 4.02. The molecule has 1 amide bonds. The van der Waals surface area contributed by atoms with Gasteiger partial charge in [0.2, 0.25) is 0 Å². The third-order valence-corrected chi connectivity index (χ3v) is 5.60. The summed E-state index contributed by atoms with van der Waals surface area (Å²) in [4.78, 5) is 16.0. The molecular formula is C13H19N3O3S. The molecule has 1 atom stereocenters. The molecular weight excluding hydrogens is 278 g/mol. The molecule has 0 bridgehead atoms. The molecule has 1 aliphatic heterocycles. The SMILES string of the molecule is CCNc1ccnc(C(=O)NCC2CCCS2(=O)=O)c1. The number of pyridine rings is 1. The third kappa shape index (κ3) is 3.47. The first-order valence-corrected chi connectivity index (χ1v) is 8.44. The highest BCUT2D eigenvalue weighted by atomic mass is 32.2. The quantitative estimate of drug-likeness (QED) is 0.840. The number of nitrogens with zero attached hydrogens (tertiary/aromatic N) is 1. The maximum atomic E-state index is 12.0. The lowest BCUT2D eigenvalue weighted by Crippen LogP contribution is -2.35. The van der Waals surface area contributed by atoms with Crippen LogP contribution in [0.5, 0.6) is 0 Å². The first-order valence-electron chi connectivity index (χ1n) is 6.72. The zero-order chi connectivity index (χ0) is 14.6. The summed E-state index contributed by atoms with van der Waals surface area (Å²) in [5.41, 5.74) is 1.11. The largest absolute Gasteiger partial charge is 0.385 e. The zero-order valence-corrected chi connectivity index (χ0v) is 12.2. The topological polar surface area (TPSA) is 88.2 Å². The van der Waals surface area contributed by atoms with E-state index in [-0.39, 0.29) is 18.2 Å². The van der Waals surface area contributed by atoms with Gasteiger partial charge in [-0.1, -0.05) is 0 Å². The van der Waals surface area contributed by atoms with E-state index in [1.54, 1.807) is 18.3 Å². The first kappa shape index (κ1) is 14.8. The smallest absolute Gasteiger partial charge is 0.269 e. The molecule has 0 spiro atoms. The standard InChI is InChI=1S/C13H19N3O3S/c1-2-14-10-5-6-15-12(8-10)13(17)16-9-11-4-3-7-20(11,18)19/h5-6,8,11H,2-4,7,9H2,1H3,(H,14,15)(H,16,17). The Kier molecular flexibility index (Phi) is 4.59. The van der Waals surface area contributed by atoms with Gasteiger partial charge in [0.05, 0.1) is 11.0 Å². The Morgan fingerprint density at radius 2 is 2.30 bits per heavy atom. The van der Waals surface area contributed by atoms with E-state index in [0.717, 1.165) is 12.2 Å². The summed E-state index contributed by atoms with van der Waals surface area (Å²) >= 11 is 0. The van der Waals surface area contributed by atoms with Crippen LogP contribution in [0.1, 0.15) is 30.3 Å². The molecule has 1 aliphatic rings. The van der Waals surface area contributed by atoms with Crippen molar-refractivity contribution in [3.63, 3.8) is 0 Å². The molecule has 2 heterocycles. The summed E-state index contributed by atoms with van der Waals surface area (Å²) in [6, 6.07) is 3.43. The van der Waals surface area contributed by atoms with Gasteiger partial charge < -0.3 is 10.6 Å². The maximum Gasteiger partial charge on any atom is 0.269 e. The van der Waals surface area contributed by atoms with Gasteiger partial charge in [-0.2, -0.15) is 0 Å². The van der Waals surface area contributed by atoms with Gasteiger partial charge in [0, 0.05) is 25.0 Å². The Labute approximate surface area is 118 Å². The van der Waals surface area contributed by atoms with Crippen molar-refractivity contribution in [3.8, 4) is 0 Å². The van der Waals surface area contributed by atoms with Crippen LogP contribution in [0.3, 0.4) is 0 Å². The summed E-state index contributed by atoms with van der Waals surface area (Å²) in [5, 5.41) is 5.30. The molecule has 7 heteroatoms. The summed E-state index contributed by atoms with van der Waals surface area (Å²) in [5.74, 6) is -0.117. The predicted molar refractivity (Wildman–Crippen MR) is 77.5 cm³/mol. The van der Waals surface area contributed by atoms with E-state index >= 15 is 0 Å². The third-order valence-electron chi connectivity index (χ3n) is 3.33. The number of sulfone groups is 1. The molecule has 1 saturated heterocycles. The fourth-order valence-electron chi connectivity index (χ4n) is 2.25. The average molecular weight is 297 g/mol. The Balaban J connectivity index is 1.96. The second kappa shape index (κ2) is 6.21. The summed E-state index contributed by atoms with van der Waals surface area (Å²) < 4.78 is 23.3. The molecule has 0 aliphatic carbocycles. The predicted octanol–water partition coefficient (Wildman–Crippen LogP) is 0.820. The second-order valence-corrected chi connectivity index (χ2v) is 7.20. The van der Waals surface area contributed by atoms with Crippen molar-refractivity contribution in [2.45, 2.75) is 25.0 Å². The number of hydrogen-bond donors (Lipinski definition) is 2. The molecule has 20 heavy (non-hydrogen) atoms. The van der Waals surface area contributed by atoms with Gasteiger partial charge in [-0.3, -0.25) is 9.78 Å². The van der Waals surface area contributed by atoms with Gasteiger partial charge >= 0.3 is 0 Å². The van der Waals surface area contributed by atoms with Crippen LogP contribution in [0.4, 0.5) is 5.69 Å². The second-order valence-electron chi connectivity index (χ2n) is 4.80. The van der Waals surface area contributed by atoms with Crippen LogP contribution in [-0.4, -0.2) is 43.4 Å². The van der Waals surface area contributed by atoms with Gasteiger partial charge in [0.1, 0.15) is 5.69 Å². The van der Waals surface area contributed by atoms with E-state index in [1.807, 2.05) is 6.92 Å². The molecule has 2 rings (SSSR count). The fraction of sp³-hybridized carbons (Fsp3) is 0.538. The summed E-state index contributed by atoms with van der Waals surface area (Å²) in [6.45, 7) is 2.88. The Morgan fingerprint density at radius 3 is 2.95 bits per heavy atom. The van der Waals surface area contributed by atoms with Gasteiger partial charge in [-0.15, -0.1) is 0 Å². The summed E-state index contributed by atoms with van der Waals surface area (Å²) in [6.07, 6.45) is 2.85. The van der Waals surface area contributed by atoms with Crippen LogP contribution in [-0.2, 0) is 9.84 Å². The number of aromatic nitrogens is 1. The molecule has 0 saturated carbocycles. The van der Waals surface area contributed by atoms with Crippen LogP contribution in [0, 0.1) is 0 Å². The van der Waals surface area contributed by atoms with E-state index in [1.165, 1.54) is 0 Å². The molecule has 2 N–H and O–H groups in total. The number of hydrogen-bond acceptors (Lipinski definition) is 5.